The van der Waals surface area contributed by atoms with E-state index < -0.39 is 0 Å². The first-order valence-electron chi connectivity index (χ1n) is 7.80. The second-order valence-corrected chi connectivity index (χ2v) is 5.91. The van der Waals surface area contributed by atoms with Crippen molar-refractivity contribution in [3.8, 4) is 0 Å². The summed E-state index contributed by atoms with van der Waals surface area (Å²) in [4.78, 5) is 0. The van der Waals surface area contributed by atoms with Gasteiger partial charge in [-0.25, -0.2) is 0 Å². The molecule has 0 heterocycles. The van der Waals surface area contributed by atoms with Gasteiger partial charge in [0.15, 0.2) is 0 Å². The molecule has 0 aromatic rings. The third-order valence-electron chi connectivity index (χ3n) is 4.17. The molecule has 0 rings (SSSR count). The highest BCUT2D eigenvalue weighted by Gasteiger charge is 2.23. The lowest BCUT2D eigenvalue weighted by molar-refractivity contribution is 0.225. The fourth-order valence-electron chi connectivity index (χ4n) is 2.89. The quantitative estimate of drug-likeness (QED) is 0.576. The van der Waals surface area contributed by atoms with E-state index in [1.54, 1.807) is 0 Å². The van der Waals surface area contributed by atoms with Gasteiger partial charge in [-0.3, -0.25) is 0 Å². The molecule has 0 amide bonds. The van der Waals surface area contributed by atoms with Crippen LogP contribution in [-0.2, 0) is 0 Å². The molecular formula is C16H35N. The molecular weight excluding hydrogens is 206 g/mol. The predicted octanol–water partition coefficient (Wildman–Crippen LogP) is 4.86. The molecule has 0 spiro atoms. The fourth-order valence-corrected chi connectivity index (χ4v) is 2.89. The van der Waals surface area contributed by atoms with Crippen LogP contribution in [0.2, 0.25) is 0 Å². The molecule has 0 aromatic heterocycles. The first-order valence-corrected chi connectivity index (χ1v) is 7.80. The summed E-state index contributed by atoms with van der Waals surface area (Å²) in [6.07, 6.45) is 6.92. The van der Waals surface area contributed by atoms with E-state index in [0.717, 1.165) is 24.3 Å². The molecule has 0 saturated carbocycles. The van der Waals surface area contributed by atoms with Crippen molar-refractivity contribution < 1.29 is 0 Å². The zero-order valence-corrected chi connectivity index (χ0v) is 13.1. The fraction of sp³-hybridized carbons (Fsp3) is 1.00. The van der Waals surface area contributed by atoms with E-state index >= 15 is 0 Å². The molecule has 17 heavy (non-hydrogen) atoms. The van der Waals surface area contributed by atoms with Crippen LogP contribution in [0.4, 0.5) is 0 Å². The van der Waals surface area contributed by atoms with Crippen LogP contribution in [0.25, 0.3) is 0 Å². The van der Waals surface area contributed by atoms with Crippen molar-refractivity contribution >= 4 is 0 Å². The van der Waals surface area contributed by atoms with E-state index in [1.807, 2.05) is 0 Å². The first kappa shape index (κ1) is 17.0. The van der Waals surface area contributed by atoms with Crippen molar-refractivity contribution in [2.24, 2.45) is 17.8 Å². The molecule has 3 unspecified atom stereocenters. The smallest absolute Gasteiger partial charge is 0.00694 e. The summed E-state index contributed by atoms with van der Waals surface area (Å²) in [6, 6.07) is 0.663. The van der Waals surface area contributed by atoms with Crippen LogP contribution in [0.5, 0.6) is 0 Å². The Balaban J connectivity index is 4.29. The monoisotopic (exact) mass is 241 g/mol. The van der Waals surface area contributed by atoms with Gasteiger partial charge in [0.1, 0.15) is 0 Å². The number of hydrogen-bond donors (Lipinski definition) is 1. The number of nitrogens with one attached hydrogen (secondary N) is 1. The summed E-state index contributed by atoms with van der Waals surface area (Å²) in [5, 5.41) is 3.61. The normalized spacial score (nSPS) is 17.1. The van der Waals surface area contributed by atoms with Gasteiger partial charge in [0, 0.05) is 6.04 Å². The Morgan fingerprint density at radius 1 is 1.00 bits per heavy atom. The summed E-state index contributed by atoms with van der Waals surface area (Å²) >= 11 is 0. The van der Waals surface area contributed by atoms with Gasteiger partial charge in [-0.1, -0.05) is 60.3 Å². The first-order chi connectivity index (χ1) is 8.06. The molecule has 0 aliphatic carbocycles. The Hall–Kier alpha value is -0.0400. The number of hydrogen-bond acceptors (Lipinski definition) is 1. The van der Waals surface area contributed by atoms with Crippen molar-refractivity contribution in [1.82, 2.24) is 5.32 Å². The lowest BCUT2D eigenvalue weighted by atomic mass is 9.79. The van der Waals surface area contributed by atoms with Crippen LogP contribution in [0.1, 0.15) is 73.6 Å². The Kier molecular flexibility index (Phi) is 9.91. The van der Waals surface area contributed by atoms with Crippen molar-refractivity contribution in [3.63, 3.8) is 0 Å². The maximum atomic E-state index is 3.61. The molecule has 0 aromatic carbocycles. The molecule has 0 bridgehead atoms. The van der Waals surface area contributed by atoms with Crippen LogP contribution in [-0.4, -0.2) is 12.6 Å². The van der Waals surface area contributed by atoms with Crippen molar-refractivity contribution in [2.75, 3.05) is 6.54 Å². The highest BCUT2D eigenvalue weighted by molar-refractivity contribution is 4.77. The third-order valence-corrected chi connectivity index (χ3v) is 4.17. The van der Waals surface area contributed by atoms with E-state index in [-0.39, 0.29) is 0 Å². The van der Waals surface area contributed by atoms with Gasteiger partial charge in [0.05, 0.1) is 0 Å². The maximum Gasteiger partial charge on any atom is 0.00694 e. The zero-order chi connectivity index (χ0) is 13.3. The molecule has 1 nitrogen and oxygen atoms in total. The average Bonchev–Trinajstić information content (AvgIpc) is 2.29. The standard InChI is InChI=1S/C16H35N/c1-7-10-11-15(8-2)12-16(13(4)5)14(6)17-9-3/h13-17H,7-12H2,1-6H3. The molecule has 104 valence electrons. The molecule has 0 fully saturated rings. The minimum absolute atomic E-state index is 0.663. The van der Waals surface area contributed by atoms with Crippen molar-refractivity contribution in [3.05, 3.63) is 0 Å². The SMILES string of the molecule is CCCCC(CC)CC(C(C)C)C(C)NCC. The Morgan fingerprint density at radius 3 is 2.06 bits per heavy atom. The summed E-state index contributed by atoms with van der Waals surface area (Å²) < 4.78 is 0. The summed E-state index contributed by atoms with van der Waals surface area (Å²) in [5.74, 6) is 2.56. The van der Waals surface area contributed by atoms with Gasteiger partial charge in [-0.05, 0) is 37.6 Å². The lowest BCUT2D eigenvalue weighted by Crippen LogP contribution is -2.37. The van der Waals surface area contributed by atoms with Gasteiger partial charge in [0.2, 0.25) is 0 Å². The summed E-state index contributed by atoms with van der Waals surface area (Å²) in [6.45, 7) is 15.1. The van der Waals surface area contributed by atoms with Crippen molar-refractivity contribution in [1.29, 1.82) is 0 Å². The highest BCUT2D eigenvalue weighted by atomic mass is 14.9. The minimum atomic E-state index is 0.663. The largest absolute Gasteiger partial charge is 0.314 e. The molecule has 0 aliphatic rings. The van der Waals surface area contributed by atoms with Gasteiger partial charge < -0.3 is 5.32 Å². The van der Waals surface area contributed by atoms with E-state index in [0.29, 0.717) is 6.04 Å². The zero-order valence-electron chi connectivity index (χ0n) is 13.1. The predicted molar refractivity (Wildman–Crippen MR) is 79.4 cm³/mol. The minimum Gasteiger partial charge on any atom is -0.314 e. The summed E-state index contributed by atoms with van der Waals surface area (Å²) in [7, 11) is 0. The highest BCUT2D eigenvalue weighted by Crippen LogP contribution is 2.28. The van der Waals surface area contributed by atoms with E-state index in [2.05, 4.69) is 46.9 Å². The molecule has 1 N–H and O–H groups in total. The topological polar surface area (TPSA) is 12.0 Å². The second-order valence-electron chi connectivity index (χ2n) is 5.91. The van der Waals surface area contributed by atoms with Gasteiger partial charge >= 0.3 is 0 Å². The van der Waals surface area contributed by atoms with E-state index in [4.69, 9.17) is 0 Å². The van der Waals surface area contributed by atoms with E-state index in [9.17, 15) is 0 Å². The van der Waals surface area contributed by atoms with Gasteiger partial charge in [-0.2, -0.15) is 0 Å². The molecule has 3 atom stereocenters. The average molecular weight is 241 g/mol. The van der Waals surface area contributed by atoms with Crippen molar-refractivity contribution in [2.45, 2.75) is 79.7 Å². The van der Waals surface area contributed by atoms with Crippen LogP contribution in [0.15, 0.2) is 0 Å². The Labute approximate surface area is 110 Å². The number of rotatable bonds is 10. The number of unbranched alkanes of at least 4 members (excludes halogenated alkanes) is 1. The molecule has 1 heteroatoms. The van der Waals surface area contributed by atoms with Crippen LogP contribution >= 0.6 is 0 Å². The second kappa shape index (κ2) is 9.94. The van der Waals surface area contributed by atoms with Gasteiger partial charge in [-0.15, -0.1) is 0 Å². The van der Waals surface area contributed by atoms with Crippen LogP contribution < -0.4 is 5.32 Å². The van der Waals surface area contributed by atoms with Crippen LogP contribution in [0, 0.1) is 17.8 Å². The lowest BCUT2D eigenvalue weighted by Gasteiger charge is -2.31. The molecule has 0 radical (unpaired) electrons. The van der Waals surface area contributed by atoms with Gasteiger partial charge in [0.25, 0.3) is 0 Å². The van der Waals surface area contributed by atoms with E-state index in [1.165, 1.54) is 32.1 Å². The molecule has 0 aliphatic heterocycles. The maximum absolute atomic E-state index is 3.61. The Morgan fingerprint density at radius 2 is 1.65 bits per heavy atom. The summed E-state index contributed by atoms with van der Waals surface area (Å²) in [5.41, 5.74) is 0. The molecule has 0 saturated heterocycles. The Bertz CT molecular complexity index is 165. The third kappa shape index (κ3) is 7.08. The van der Waals surface area contributed by atoms with Crippen LogP contribution in [0.3, 0.4) is 0 Å².